The van der Waals surface area contributed by atoms with Crippen molar-refractivity contribution in [3.8, 4) is 0 Å². The second kappa shape index (κ2) is 11.0. The molecule has 1 fully saturated rings. The zero-order valence-electron chi connectivity index (χ0n) is 11.4. The summed E-state index contributed by atoms with van der Waals surface area (Å²) in [4.78, 5) is 2.58. The number of nitrogens with zero attached hydrogens (tertiary/aromatic N) is 1. The van der Waals surface area contributed by atoms with Gasteiger partial charge >= 0.3 is 0 Å². The summed E-state index contributed by atoms with van der Waals surface area (Å²) in [6.45, 7) is 17.6. The van der Waals surface area contributed by atoms with Crippen molar-refractivity contribution in [2.45, 2.75) is 67.3 Å². The zero-order chi connectivity index (χ0) is 11.6. The Labute approximate surface area is 91.9 Å². The minimum Gasteiger partial charge on any atom is -0.301 e. The van der Waals surface area contributed by atoms with E-state index < -0.39 is 0 Å². The molecular weight excluding hydrogens is 170 g/mol. The van der Waals surface area contributed by atoms with Gasteiger partial charge in [0.05, 0.1) is 0 Å². The number of hydrogen-bond donors (Lipinski definition) is 0. The third-order valence-corrected chi connectivity index (χ3v) is 2.42. The van der Waals surface area contributed by atoms with E-state index in [-0.39, 0.29) is 0 Å². The fraction of sp³-hybridized carbons (Fsp3) is 1.00. The topological polar surface area (TPSA) is 3.24 Å². The summed E-state index contributed by atoms with van der Waals surface area (Å²) in [5.74, 6) is 0.927. The molecule has 1 atom stereocenters. The minimum atomic E-state index is 0.753. The van der Waals surface area contributed by atoms with E-state index >= 15 is 0 Å². The Hall–Kier alpha value is -0.0400. The Bertz CT molecular complexity index is 99.4. The van der Waals surface area contributed by atoms with Gasteiger partial charge in [-0.05, 0) is 39.2 Å². The molecule has 0 radical (unpaired) electrons. The molecule has 0 aromatic rings. The van der Waals surface area contributed by atoms with E-state index in [1.54, 1.807) is 0 Å². The van der Waals surface area contributed by atoms with Gasteiger partial charge in [0.2, 0.25) is 0 Å². The van der Waals surface area contributed by atoms with Gasteiger partial charge in [0.1, 0.15) is 0 Å². The summed E-state index contributed by atoms with van der Waals surface area (Å²) in [6, 6.07) is 0.753. The first kappa shape index (κ1) is 16.4. The molecule has 1 rings (SSSR count). The van der Waals surface area contributed by atoms with Crippen molar-refractivity contribution in [2.75, 3.05) is 13.1 Å². The highest BCUT2D eigenvalue weighted by atomic mass is 15.1. The van der Waals surface area contributed by atoms with E-state index in [1.165, 1.54) is 25.9 Å². The quantitative estimate of drug-likeness (QED) is 0.615. The average molecular weight is 201 g/mol. The molecule has 0 aromatic heterocycles. The van der Waals surface area contributed by atoms with Crippen molar-refractivity contribution < 1.29 is 0 Å². The molecule has 14 heavy (non-hydrogen) atoms. The maximum absolute atomic E-state index is 2.58. The summed E-state index contributed by atoms with van der Waals surface area (Å²) < 4.78 is 0. The van der Waals surface area contributed by atoms with Gasteiger partial charge in [-0.25, -0.2) is 0 Å². The van der Waals surface area contributed by atoms with Crippen LogP contribution in [0, 0.1) is 5.92 Å². The van der Waals surface area contributed by atoms with Crippen molar-refractivity contribution in [1.29, 1.82) is 0 Å². The van der Waals surface area contributed by atoms with Crippen LogP contribution >= 0.6 is 0 Å². The van der Waals surface area contributed by atoms with E-state index in [2.05, 4.69) is 25.7 Å². The van der Waals surface area contributed by atoms with Crippen LogP contribution in [0.5, 0.6) is 0 Å². The SMILES string of the molecule is CC.CC.CC1CCCN(C(C)C)C1. The van der Waals surface area contributed by atoms with Crippen LogP contribution < -0.4 is 0 Å². The van der Waals surface area contributed by atoms with Crippen LogP contribution in [-0.4, -0.2) is 24.0 Å². The van der Waals surface area contributed by atoms with Crippen LogP contribution in [0.4, 0.5) is 0 Å². The monoisotopic (exact) mass is 201 g/mol. The molecule has 0 aromatic carbocycles. The fourth-order valence-electron chi connectivity index (χ4n) is 1.69. The van der Waals surface area contributed by atoms with Crippen molar-refractivity contribution >= 4 is 0 Å². The highest BCUT2D eigenvalue weighted by molar-refractivity contribution is 4.71. The Morgan fingerprint density at radius 2 is 1.57 bits per heavy atom. The van der Waals surface area contributed by atoms with Gasteiger partial charge in [0, 0.05) is 12.6 Å². The molecule has 1 heteroatoms. The molecule has 0 N–H and O–H groups in total. The highest BCUT2D eigenvalue weighted by Gasteiger charge is 2.17. The normalized spacial score (nSPS) is 21.9. The van der Waals surface area contributed by atoms with Gasteiger partial charge in [0.15, 0.2) is 0 Å². The summed E-state index contributed by atoms with van der Waals surface area (Å²) in [5, 5.41) is 0. The van der Waals surface area contributed by atoms with Gasteiger partial charge in [-0.15, -0.1) is 0 Å². The molecular formula is C13H31N. The molecule has 0 amide bonds. The number of rotatable bonds is 1. The Balaban J connectivity index is 0. The lowest BCUT2D eigenvalue weighted by Gasteiger charge is -2.33. The summed E-state index contributed by atoms with van der Waals surface area (Å²) in [5.41, 5.74) is 0. The molecule has 1 heterocycles. The molecule has 0 aliphatic carbocycles. The maximum Gasteiger partial charge on any atom is 0.00387 e. The molecule has 1 aliphatic heterocycles. The lowest BCUT2D eigenvalue weighted by Crippen LogP contribution is -2.38. The molecule has 1 aliphatic rings. The lowest BCUT2D eigenvalue weighted by molar-refractivity contribution is 0.147. The molecule has 1 unspecified atom stereocenters. The summed E-state index contributed by atoms with van der Waals surface area (Å²) in [7, 11) is 0. The summed E-state index contributed by atoms with van der Waals surface area (Å²) in [6.07, 6.45) is 2.84. The fourth-order valence-corrected chi connectivity index (χ4v) is 1.69. The summed E-state index contributed by atoms with van der Waals surface area (Å²) >= 11 is 0. The molecule has 0 bridgehead atoms. The predicted octanol–water partition coefficient (Wildman–Crippen LogP) is 4.18. The van der Waals surface area contributed by atoms with Crippen LogP contribution in [0.3, 0.4) is 0 Å². The Morgan fingerprint density at radius 3 is 1.86 bits per heavy atom. The van der Waals surface area contributed by atoms with Crippen LogP contribution in [0.2, 0.25) is 0 Å². The second-order valence-electron chi connectivity index (χ2n) is 3.84. The zero-order valence-corrected chi connectivity index (χ0v) is 11.4. The standard InChI is InChI=1S/C9H19N.2C2H6/c1-8(2)10-6-4-5-9(3)7-10;2*1-2/h8-9H,4-7H2,1-3H3;2*1-2H3. The number of hydrogen-bond acceptors (Lipinski definition) is 1. The first-order chi connectivity index (χ1) is 6.70. The van der Waals surface area contributed by atoms with Gasteiger partial charge in [-0.1, -0.05) is 34.6 Å². The third-order valence-electron chi connectivity index (χ3n) is 2.42. The number of piperidine rings is 1. The van der Waals surface area contributed by atoms with E-state index in [4.69, 9.17) is 0 Å². The van der Waals surface area contributed by atoms with E-state index in [0.29, 0.717) is 0 Å². The van der Waals surface area contributed by atoms with E-state index in [1.807, 2.05) is 27.7 Å². The van der Waals surface area contributed by atoms with Crippen LogP contribution in [0.25, 0.3) is 0 Å². The second-order valence-corrected chi connectivity index (χ2v) is 3.84. The van der Waals surface area contributed by atoms with E-state index in [0.717, 1.165) is 12.0 Å². The average Bonchev–Trinajstić information content (AvgIpc) is 2.24. The van der Waals surface area contributed by atoms with Gasteiger partial charge in [-0.3, -0.25) is 0 Å². The van der Waals surface area contributed by atoms with Crippen LogP contribution in [0.15, 0.2) is 0 Å². The minimum absolute atomic E-state index is 0.753. The van der Waals surface area contributed by atoms with Crippen molar-refractivity contribution in [1.82, 2.24) is 4.90 Å². The largest absolute Gasteiger partial charge is 0.301 e. The molecule has 1 nitrogen and oxygen atoms in total. The van der Waals surface area contributed by atoms with Crippen molar-refractivity contribution in [3.05, 3.63) is 0 Å². The number of likely N-dealkylation sites (tertiary alicyclic amines) is 1. The van der Waals surface area contributed by atoms with Crippen molar-refractivity contribution in [3.63, 3.8) is 0 Å². The Kier molecular flexibility index (Phi) is 12.9. The van der Waals surface area contributed by atoms with Gasteiger partial charge in [-0.2, -0.15) is 0 Å². The molecule has 1 saturated heterocycles. The van der Waals surface area contributed by atoms with Crippen LogP contribution in [0.1, 0.15) is 61.3 Å². The maximum atomic E-state index is 2.58. The van der Waals surface area contributed by atoms with E-state index in [9.17, 15) is 0 Å². The van der Waals surface area contributed by atoms with Crippen LogP contribution in [-0.2, 0) is 0 Å². The predicted molar refractivity (Wildman–Crippen MR) is 67.8 cm³/mol. The smallest absolute Gasteiger partial charge is 0.00387 e. The molecule has 0 spiro atoms. The first-order valence-electron chi connectivity index (χ1n) is 6.44. The first-order valence-corrected chi connectivity index (χ1v) is 6.44. The molecule has 88 valence electrons. The lowest BCUT2D eigenvalue weighted by atomic mass is 9.99. The Morgan fingerprint density at radius 1 is 1.07 bits per heavy atom. The van der Waals surface area contributed by atoms with Gasteiger partial charge in [0.25, 0.3) is 0 Å². The highest BCUT2D eigenvalue weighted by Crippen LogP contribution is 2.16. The van der Waals surface area contributed by atoms with Gasteiger partial charge < -0.3 is 4.90 Å². The third kappa shape index (κ3) is 7.37. The van der Waals surface area contributed by atoms with Crippen molar-refractivity contribution in [2.24, 2.45) is 5.92 Å². The molecule has 0 saturated carbocycles.